The summed E-state index contributed by atoms with van der Waals surface area (Å²) in [5.74, 6) is 1.21. The number of rotatable bonds is 7. The van der Waals surface area contributed by atoms with E-state index in [0.29, 0.717) is 17.9 Å². The second-order valence-corrected chi connectivity index (χ2v) is 5.80. The number of thioether (sulfide) groups is 1. The summed E-state index contributed by atoms with van der Waals surface area (Å²) < 4.78 is 5.15. The van der Waals surface area contributed by atoms with E-state index in [1.807, 2.05) is 36.4 Å². The van der Waals surface area contributed by atoms with E-state index in [-0.39, 0.29) is 12.6 Å². The Hall–Kier alpha value is -1.78. The third-order valence-corrected chi connectivity index (χ3v) is 4.21. The first kappa shape index (κ1) is 16.6. The van der Waals surface area contributed by atoms with Gasteiger partial charge in [-0.2, -0.15) is 11.8 Å². The normalized spacial score (nSPS) is 10.5. The molecule has 2 aromatic rings. The highest BCUT2D eigenvalue weighted by molar-refractivity contribution is 7.98. The summed E-state index contributed by atoms with van der Waals surface area (Å²) in [6, 6.07) is 15.6. The summed E-state index contributed by atoms with van der Waals surface area (Å²) in [6.07, 6.45) is 0. The van der Waals surface area contributed by atoms with Gasteiger partial charge in [0.05, 0.1) is 18.8 Å². The van der Waals surface area contributed by atoms with Crippen molar-refractivity contribution in [3.63, 3.8) is 0 Å². The Kier molecular flexibility index (Phi) is 6.49. The first-order valence-electron chi connectivity index (χ1n) is 7.31. The smallest absolute Gasteiger partial charge is 0.338 e. The molecule has 0 radical (unpaired) electrons. The van der Waals surface area contributed by atoms with Gasteiger partial charge in [-0.15, -0.1) is 0 Å². The Morgan fingerprint density at radius 2 is 1.77 bits per heavy atom. The molecule has 4 heteroatoms. The Morgan fingerprint density at radius 3 is 2.50 bits per heavy atom. The van der Waals surface area contributed by atoms with E-state index in [2.05, 4.69) is 6.07 Å². The zero-order chi connectivity index (χ0) is 15.8. The van der Waals surface area contributed by atoms with Gasteiger partial charge >= 0.3 is 5.97 Å². The van der Waals surface area contributed by atoms with E-state index in [1.165, 1.54) is 0 Å². The van der Waals surface area contributed by atoms with Gasteiger partial charge in [0.15, 0.2) is 0 Å². The Morgan fingerprint density at radius 1 is 1.09 bits per heavy atom. The molecule has 116 valence electrons. The van der Waals surface area contributed by atoms with E-state index < -0.39 is 0 Å². The minimum Gasteiger partial charge on any atom is -0.462 e. The van der Waals surface area contributed by atoms with Crippen molar-refractivity contribution < 1.29 is 14.6 Å². The number of benzene rings is 2. The third kappa shape index (κ3) is 4.12. The molecule has 0 unspecified atom stereocenters. The van der Waals surface area contributed by atoms with Crippen molar-refractivity contribution in [2.45, 2.75) is 12.7 Å². The summed E-state index contributed by atoms with van der Waals surface area (Å²) in [5, 5.41) is 8.92. The molecule has 0 heterocycles. The van der Waals surface area contributed by atoms with Gasteiger partial charge in [-0.3, -0.25) is 0 Å². The maximum absolute atomic E-state index is 12.2. The van der Waals surface area contributed by atoms with Crippen molar-refractivity contribution in [3.8, 4) is 11.1 Å². The monoisotopic (exact) mass is 316 g/mol. The molecular formula is C18H20O3S. The van der Waals surface area contributed by atoms with Crippen LogP contribution in [-0.4, -0.2) is 30.0 Å². The molecule has 0 aromatic heterocycles. The first-order valence-corrected chi connectivity index (χ1v) is 8.46. The molecule has 0 fully saturated rings. The lowest BCUT2D eigenvalue weighted by Gasteiger charge is -2.13. The van der Waals surface area contributed by atoms with Crippen LogP contribution < -0.4 is 0 Å². The molecular weight excluding hydrogens is 296 g/mol. The van der Waals surface area contributed by atoms with Crippen LogP contribution in [0.4, 0.5) is 0 Å². The van der Waals surface area contributed by atoms with Gasteiger partial charge in [0.1, 0.15) is 0 Å². The number of esters is 1. The minimum atomic E-state index is -0.295. The largest absolute Gasteiger partial charge is 0.462 e. The average molecular weight is 316 g/mol. The number of ether oxygens (including phenoxy) is 1. The third-order valence-electron chi connectivity index (χ3n) is 3.22. The van der Waals surface area contributed by atoms with Crippen LogP contribution in [0.5, 0.6) is 0 Å². The topological polar surface area (TPSA) is 46.5 Å². The van der Waals surface area contributed by atoms with E-state index in [1.54, 1.807) is 24.8 Å². The van der Waals surface area contributed by atoms with Crippen molar-refractivity contribution >= 4 is 17.7 Å². The minimum absolute atomic E-state index is 0.173. The van der Waals surface area contributed by atoms with Crippen molar-refractivity contribution in [2.24, 2.45) is 0 Å². The maximum Gasteiger partial charge on any atom is 0.338 e. The molecule has 3 nitrogen and oxygen atoms in total. The summed E-state index contributed by atoms with van der Waals surface area (Å²) in [4.78, 5) is 12.2. The lowest BCUT2D eigenvalue weighted by atomic mass is 9.96. The molecule has 0 amide bonds. The number of carbonyl (C=O) groups excluding carboxylic acids is 1. The molecule has 1 N–H and O–H groups in total. The predicted octanol–water partition coefficient (Wildman–Crippen LogP) is 3.76. The van der Waals surface area contributed by atoms with Crippen LogP contribution in [0.2, 0.25) is 0 Å². The SMILES string of the molecule is CCOC(=O)c1ccccc1-c1ccccc1CSCCO. The lowest BCUT2D eigenvalue weighted by molar-refractivity contribution is 0.0527. The van der Waals surface area contributed by atoms with Crippen molar-refractivity contribution in [2.75, 3.05) is 19.0 Å². The second-order valence-electron chi connectivity index (χ2n) is 4.70. The van der Waals surface area contributed by atoms with Crippen LogP contribution in [0.15, 0.2) is 48.5 Å². The summed E-state index contributed by atoms with van der Waals surface area (Å²) in [6.45, 7) is 2.34. The molecule has 2 aromatic carbocycles. The highest BCUT2D eigenvalue weighted by Crippen LogP contribution is 2.30. The summed E-state index contributed by atoms with van der Waals surface area (Å²) in [7, 11) is 0. The molecule has 0 aliphatic carbocycles. The fourth-order valence-electron chi connectivity index (χ4n) is 2.26. The van der Waals surface area contributed by atoms with Gasteiger partial charge < -0.3 is 9.84 Å². The second kappa shape index (κ2) is 8.61. The van der Waals surface area contributed by atoms with E-state index >= 15 is 0 Å². The van der Waals surface area contributed by atoms with Crippen LogP contribution in [0.3, 0.4) is 0 Å². The fourth-order valence-corrected chi connectivity index (χ4v) is 3.01. The predicted molar refractivity (Wildman–Crippen MR) is 91.1 cm³/mol. The quantitative estimate of drug-likeness (QED) is 0.624. The van der Waals surface area contributed by atoms with Crippen molar-refractivity contribution in [1.29, 1.82) is 0 Å². The number of aliphatic hydroxyl groups is 1. The van der Waals surface area contributed by atoms with Crippen LogP contribution in [-0.2, 0) is 10.5 Å². The average Bonchev–Trinajstić information content (AvgIpc) is 2.56. The van der Waals surface area contributed by atoms with Crippen LogP contribution in [0, 0.1) is 0 Å². The van der Waals surface area contributed by atoms with Gasteiger partial charge in [0.2, 0.25) is 0 Å². The fraction of sp³-hybridized carbons (Fsp3) is 0.278. The first-order chi connectivity index (χ1) is 10.8. The zero-order valence-corrected chi connectivity index (χ0v) is 13.4. The lowest BCUT2D eigenvalue weighted by Crippen LogP contribution is -2.06. The van der Waals surface area contributed by atoms with Gasteiger partial charge in [-0.25, -0.2) is 4.79 Å². The van der Waals surface area contributed by atoms with E-state index in [0.717, 1.165) is 22.4 Å². The van der Waals surface area contributed by atoms with Gasteiger partial charge in [-0.05, 0) is 29.7 Å². The molecule has 0 saturated carbocycles. The van der Waals surface area contributed by atoms with Gasteiger partial charge in [0, 0.05) is 11.5 Å². The number of hydrogen-bond acceptors (Lipinski definition) is 4. The Bertz CT molecular complexity index is 625. The highest BCUT2D eigenvalue weighted by Gasteiger charge is 2.15. The Labute approximate surface area is 135 Å². The molecule has 0 aliphatic rings. The molecule has 0 bridgehead atoms. The maximum atomic E-state index is 12.2. The molecule has 0 atom stereocenters. The molecule has 22 heavy (non-hydrogen) atoms. The number of hydrogen-bond donors (Lipinski definition) is 1. The standard InChI is InChI=1S/C18H20O3S/c1-2-21-18(20)17-10-6-5-9-16(17)15-8-4-3-7-14(15)13-22-12-11-19/h3-10,19H,2,11-13H2,1H3. The molecule has 0 spiro atoms. The zero-order valence-electron chi connectivity index (χ0n) is 12.6. The van der Waals surface area contributed by atoms with Gasteiger partial charge in [0.25, 0.3) is 0 Å². The van der Waals surface area contributed by atoms with Crippen molar-refractivity contribution in [1.82, 2.24) is 0 Å². The molecule has 0 saturated heterocycles. The van der Waals surface area contributed by atoms with Gasteiger partial charge in [-0.1, -0.05) is 42.5 Å². The van der Waals surface area contributed by atoms with Crippen LogP contribution in [0.1, 0.15) is 22.8 Å². The summed E-state index contributed by atoms with van der Waals surface area (Å²) >= 11 is 1.67. The van der Waals surface area contributed by atoms with E-state index in [9.17, 15) is 4.79 Å². The van der Waals surface area contributed by atoms with Crippen LogP contribution >= 0.6 is 11.8 Å². The number of aliphatic hydroxyl groups excluding tert-OH is 1. The number of carbonyl (C=O) groups is 1. The van der Waals surface area contributed by atoms with E-state index in [4.69, 9.17) is 9.84 Å². The molecule has 0 aliphatic heterocycles. The van der Waals surface area contributed by atoms with Crippen LogP contribution in [0.25, 0.3) is 11.1 Å². The molecule has 2 rings (SSSR count). The Balaban J connectivity index is 2.37. The highest BCUT2D eigenvalue weighted by atomic mass is 32.2. The summed E-state index contributed by atoms with van der Waals surface area (Å²) in [5.41, 5.74) is 3.67. The van der Waals surface area contributed by atoms with Crippen molar-refractivity contribution in [3.05, 3.63) is 59.7 Å².